The molecule has 0 saturated heterocycles. The number of benzene rings is 2. The summed E-state index contributed by atoms with van der Waals surface area (Å²) in [6.07, 6.45) is 0. The van der Waals surface area contributed by atoms with E-state index in [4.69, 9.17) is 25.3 Å². The summed E-state index contributed by atoms with van der Waals surface area (Å²) in [5.41, 5.74) is 1.53. The van der Waals surface area contributed by atoms with Crippen molar-refractivity contribution < 1.29 is 13.7 Å². The van der Waals surface area contributed by atoms with Crippen LogP contribution in [0.3, 0.4) is 0 Å². The average molecular weight is 401 g/mol. The molecular formula is C18H13ClN4O3S. The maximum Gasteiger partial charge on any atom is 0.277 e. The van der Waals surface area contributed by atoms with Crippen molar-refractivity contribution in [3.05, 3.63) is 59.4 Å². The molecule has 0 saturated carbocycles. The van der Waals surface area contributed by atoms with Crippen LogP contribution < -0.4 is 4.74 Å². The molecule has 4 aromatic rings. The second kappa shape index (κ2) is 7.81. The monoisotopic (exact) mass is 400 g/mol. The predicted octanol–water partition coefficient (Wildman–Crippen LogP) is 4.74. The van der Waals surface area contributed by atoms with Gasteiger partial charge in [0.25, 0.3) is 5.22 Å². The molecular weight excluding hydrogens is 388 g/mol. The van der Waals surface area contributed by atoms with Gasteiger partial charge in [0.15, 0.2) is 0 Å². The largest absolute Gasteiger partial charge is 0.496 e. The number of thioether (sulfide) groups is 1. The first kappa shape index (κ1) is 17.6. The van der Waals surface area contributed by atoms with E-state index in [1.165, 1.54) is 11.8 Å². The van der Waals surface area contributed by atoms with E-state index in [1.54, 1.807) is 19.2 Å². The zero-order valence-electron chi connectivity index (χ0n) is 14.1. The smallest absolute Gasteiger partial charge is 0.277 e. The Morgan fingerprint density at radius 3 is 2.85 bits per heavy atom. The highest BCUT2D eigenvalue weighted by Gasteiger charge is 2.15. The molecule has 0 bridgehead atoms. The predicted molar refractivity (Wildman–Crippen MR) is 101 cm³/mol. The van der Waals surface area contributed by atoms with Crippen LogP contribution in [-0.2, 0) is 5.75 Å². The number of para-hydroxylation sites is 1. The molecule has 9 heteroatoms. The van der Waals surface area contributed by atoms with Crippen molar-refractivity contribution in [1.29, 1.82) is 0 Å². The Labute approximate surface area is 163 Å². The topological polar surface area (TPSA) is 87.1 Å². The lowest BCUT2D eigenvalue weighted by molar-refractivity contribution is 0.389. The number of halogens is 1. The second-order valence-electron chi connectivity index (χ2n) is 5.38. The van der Waals surface area contributed by atoms with Crippen molar-refractivity contribution in [2.75, 3.05) is 7.11 Å². The zero-order valence-corrected chi connectivity index (χ0v) is 15.7. The van der Waals surface area contributed by atoms with Crippen LogP contribution in [0.1, 0.15) is 5.89 Å². The van der Waals surface area contributed by atoms with Crippen LogP contribution in [0, 0.1) is 0 Å². The highest BCUT2D eigenvalue weighted by molar-refractivity contribution is 7.98. The lowest BCUT2D eigenvalue weighted by atomic mass is 10.2. The molecule has 7 nitrogen and oxygen atoms in total. The van der Waals surface area contributed by atoms with Crippen molar-refractivity contribution in [2.24, 2.45) is 0 Å². The van der Waals surface area contributed by atoms with Crippen LogP contribution in [0.5, 0.6) is 5.75 Å². The Hall–Kier alpha value is -2.84. The summed E-state index contributed by atoms with van der Waals surface area (Å²) in [5, 5.41) is 13.1. The van der Waals surface area contributed by atoms with E-state index in [0.717, 1.165) is 11.1 Å². The van der Waals surface area contributed by atoms with Crippen molar-refractivity contribution in [2.45, 2.75) is 11.0 Å². The SMILES string of the molecule is COc1ccccc1-c1noc(CSc2nnc(-c3cccc(Cl)c3)o2)n1. The minimum absolute atomic E-state index is 0.402. The molecule has 0 spiro atoms. The molecule has 27 heavy (non-hydrogen) atoms. The molecule has 2 aromatic heterocycles. The van der Waals surface area contributed by atoms with Crippen LogP contribution in [0.25, 0.3) is 22.8 Å². The Bertz CT molecular complexity index is 1070. The number of ether oxygens (including phenoxy) is 1. The minimum atomic E-state index is 0.402. The third kappa shape index (κ3) is 3.96. The third-order valence-corrected chi connectivity index (χ3v) is 4.65. The van der Waals surface area contributed by atoms with E-state index in [-0.39, 0.29) is 0 Å². The molecule has 0 fully saturated rings. The number of aromatic nitrogens is 4. The first-order valence-corrected chi connectivity index (χ1v) is 9.27. The van der Waals surface area contributed by atoms with Crippen molar-refractivity contribution >= 4 is 23.4 Å². The summed E-state index contributed by atoms with van der Waals surface area (Å²) >= 11 is 7.30. The van der Waals surface area contributed by atoms with E-state index < -0.39 is 0 Å². The number of rotatable bonds is 6. The molecule has 2 heterocycles. The Kier molecular flexibility index (Phi) is 5.08. The lowest BCUT2D eigenvalue weighted by Crippen LogP contribution is -1.89. The molecule has 0 aliphatic carbocycles. The molecule has 0 unspecified atom stereocenters. The lowest BCUT2D eigenvalue weighted by Gasteiger charge is -2.02. The van der Waals surface area contributed by atoms with Gasteiger partial charge in [-0.3, -0.25) is 0 Å². The summed E-state index contributed by atoms with van der Waals surface area (Å²) in [6.45, 7) is 0. The van der Waals surface area contributed by atoms with Crippen LogP contribution in [0.15, 0.2) is 62.7 Å². The molecule has 136 valence electrons. The average Bonchev–Trinajstić information content (AvgIpc) is 3.36. The van der Waals surface area contributed by atoms with Gasteiger partial charge in [-0.15, -0.1) is 10.2 Å². The van der Waals surface area contributed by atoms with Gasteiger partial charge < -0.3 is 13.7 Å². The van der Waals surface area contributed by atoms with Crippen LogP contribution in [0.4, 0.5) is 0 Å². The van der Waals surface area contributed by atoms with E-state index in [1.807, 2.05) is 36.4 Å². The fraction of sp³-hybridized carbons (Fsp3) is 0.111. The summed E-state index contributed by atoms with van der Waals surface area (Å²) in [5.74, 6) is 2.40. The van der Waals surface area contributed by atoms with Gasteiger partial charge in [-0.2, -0.15) is 4.98 Å². The van der Waals surface area contributed by atoms with Gasteiger partial charge in [-0.05, 0) is 30.3 Å². The van der Waals surface area contributed by atoms with E-state index >= 15 is 0 Å². The van der Waals surface area contributed by atoms with Gasteiger partial charge in [-0.25, -0.2) is 0 Å². The van der Waals surface area contributed by atoms with Crippen molar-refractivity contribution in [1.82, 2.24) is 20.3 Å². The van der Waals surface area contributed by atoms with Gasteiger partial charge in [0, 0.05) is 10.6 Å². The standard InChI is InChI=1S/C18H13ClN4O3S/c1-24-14-8-3-2-7-13(14)16-20-15(26-23-16)10-27-18-22-21-17(25-18)11-5-4-6-12(19)9-11/h2-9H,10H2,1H3. The fourth-order valence-electron chi connectivity index (χ4n) is 2.38. The van der Waals surface area contributed by atoms with Gasteiger partial charge in [-0.1, -0.05) is 46.7 Å². The van der Waals surface area contributed by atoms with E-state index in [0.29, 0.717) is 39.4 Å². The highest BCUT2D eigenvalue weighted by atomic mass is 35.5. The Morgan fingerprint density at radius 2 is 2.00 bits per heavy atom. The highest BCUT2D eigenvalue weighted by Crippen LogP contribution is 2.29. The Morgan fingerprint density at radius 1 is 1.11 bits per heavy atom. The quantitative estimate of drug-likeness (QED) is 0.429. The molecule has 0 amide bonds. The number of methoxy groups -OCH3 is 1. The minimum Gasteiger partial charge on any atom is -0.496 e. The summed E-state index contributed by atoms with van der Waals surface area (Å²) < 4.78 is 16.3. The molecule has 4 rings (SSSR count). The number of hydrogen-bond acceptors (Lipinski definition) is 8. The number of nitrogens with zero attached hydrogens (tertiary/aromatic N) is 4. The van der Waals surface area contributed by atoms with Crippen LogP contribution >= 0.6 is 23.4 Å². The van der Waals surface area contributed by atoms with Gasteiger partial charge in [0.05, 0.1) is 18.4 Å². The second-order valence-corrected chi connectivity index (χ2v) is 6.75. The molecule has 0 atom stereocenters. The molecule has 0 aliphatic heterocycles. The summed E-state index contributed by atoms with van der Waals surface area (Å²) in [7, 11) is 1.60. The normalized spacial score (nSPS) is 10.9. The van der Waals surface area contributed by atoms with Crippen LogP contribution in [0.2, 0.25) is 5.02 Å². The first-order chi connectivity index (χ1) is 13.2. The van der Waals surface area contributed by atoms with Crippen molar-refractivity contribution in [3.63, 3.8) is 0 Å². The van der Waals surface area contributed by atoms with Gasteiger partial charge in [0.1, 0.15) is 5.75 Å². The summed E-state index contributed by atoms with van der Waals surface area (Å²) in [4.78, 5) is 4.39. The van der Waals surface area contributed by atoms with Gasteiger partial charge >= 0.3 is 0 Å². The third-order valence-electron chi connectivity index (χ3n) is 3.61. The maximum absolute atomic E-state index is 5.99. The number of hydrogen-bond donors (Lipinski definition) is 0. The Balaban J connectivity index is 1.45. The zero-order chi connectivity index (χ0) is 18.6. The molecule has 0 radical (unpaired) electrons. The maximum atomic E-state index is 5.99. The first-order valence-electron chi connectivity index (χ1n) is 7.91. The van der Waals surface area contributed by atoms with E-state index in [9.17, 15) is 0 Å². The van der Waals surface area contributed by atoms with Gasteiger partial charge in [0.2, 0.25) is 17.6 Å². The van der Waals surface area contributed by atoms with E-state index in [2.05, 4.69) is 20.3 Å². The van der Waals surface area contributed by atoms with Crippen LogP contribution in [-0.4, -0.2) is 27.4 Å². The fourth-order valence-corrected chi connectivity index (χ4v) is 3.17. The molecule has 0 aliphatic rings. The van der Waals surface area contributed by atoms with Crippen molar-refractivity contribution in [3.8, 4) is 28.6 Å². The molecule has 0 N–H and O–H groups in total. The molecule has 2 aromatic carbocycles. The summed E-state index contributed by atoms with van der Waals surface area (Å²) in [6, 6.07) is 14.7.